The Labute approximate surface area is 150 Å². The van der Waals surface area contributed by atoms with Gasteiger partial charge in [0.25, 0.3) is 5.91 Å². The number of furan rings is 1. The van der Waals surface area contributed by atoms with E-state index in [9.17, 15) is 9.59 Å². The van der Waals surface area contributed by atoms with Crippen LogP contribution in [0.5, 0.6) is 11.5 Å². The SMILES string of the molecule is C[C@@H](OC(=O)c1ccco1)C(=O)Nc1ccc(Oc2ccccc2)cc1. The number of carbonyl (C=O) groups excluding carboxylic acids is 2. The van der Waals surface area contributed by atoms with E-state index in [4.69, 9.17) is 13.9 Å². The number of benzene rings is 2. The van der Waals surface area contributed by atoms with Gasteiger partial charge >= 0.3 is 5.97 Å². The Morgan fingerprint density at radius 1 is 0.923 bits per heavy atom. The molecule has 1 N–H and O–H groups in total. The summed E-state index contributed by atoms with van der Waals surface area (Å²) >= 11 is 0. The summed E-state index contributed by atoms with van der Waals surface area (Å²) in [6.45, 7) is 1.49. The number of hydrogen-bond acceptors (Lipinski definition) is 5. The third kappa shape index (κ3) is 4.51. The highest BCUT2D eigenvalue weighted by Gasteiger charge is 2.20. The zero-order valence-corrected chi connectivity index (χ0v) is 14.0. The number of carbonyl (C=O) groups is 2. The van der Waals surface area contributed by atoms with Crippen LogP contribution in [-0.4, -0.2) is 18.0 Å². The predicted molar refractivity (Wildman–Crippen MR) is 95.2 cm³/mol. The Hall–Kier alpha value is -3.54. The van der Waals surface area contributed by atoms with Gasteiger partial charge in [0.15, 0.2) is 6.10 Å². The Morgan fingerprint density at radius 3 is 2.27 bits per heavy atom. The molecule has 0 unspecified atom stereocenters. The van der Waals surface area contributed by atoms with Crippen LogP contribution in [0.2, 0.25) is 0 Å². The van der Waals surface area contributed by atoms with Crippen molar-refractivity contribution in [3.8, 4) is 11.5 Å². The number of nitrogens with one attached hydrogen (secondary N) is 1. The molecule has 6 heteroatoms. The lowest BCUT2D eigenvalue weighted by Gasteiger charge is -2.13. The molecule has 0 bridgehead atoms. The average Bonchev–Trinajstić information content (AvgIpc) is 3.19. The van der Waals surface area contributed by atoms with E-state index in [1.165, 1.54) is 19.3 Å². The van der Waals surface area contributed by atoms with Gasteiger partial charge in [-0.3, -0.25) is 4.79 Å². The van der Waals surface area contributed by atoms with Crippen molar-refractivity contribution in [2.75, 3.05) is 5.32 Å². The third-order valence-electron chi connectivity index (χ3n) is 3.48. The standard InChI is InChI=1S/C20H17NO5/c1-14(25-20(23)18-8-5-13-24-18)19(22)21-15-9-11-17(12-10-15)26-16-6-3-2-4-7-16/h2-14H,1H3,(H,21,22)/t14-/m1/s1. The molecule has 0 aliphatic rings. The Morgan fingerprint density at radius 2 is 1.62 bits per heavy atom. The van der Waals surface area contributed by atoms with E-state index in [1.54, 1.807) is 30.3 Å². The molecular formula is C20H17NO5. The summed E-state index contributed by atoms with van der Waals surface area (Å²) < 4.78 is 15.7. The van der Waals surface area contributed by atoms with Crippen LogP contribution in [0.1, 0.15) is 17.5 Å². The molecule has 0 aliphatic heterocycles. The maximum Gasteiger partial charge on any atom is 0.374 e. The normalized spacial score (nSPS) is 11.4. The lowest BCUT2D eigenvalue weighted by molar-refractivity contribution is -0.123. The van der Waals surface area contributed by atoms with Gasteiger partial charge in [0.1, 0.15) is 11.5 Å². The number of anilines is 1. The van der Waals surface area contributed by atoms with Gasteiger partial charge in [-0.15, -0.1) is 0 Å². The Kier molecular flexibility index (Phi) is 5.34. The van der Waals surface area contributed by atoms with E-state index >= 15 is 0 Å². The molecule has 26 heavy (non-hydrogen) atoms. The number of para-hydroxylation sites is 1. The van der Waals surface area contributed by atoms with Crippen molar-refractivity contribution in [1.82, 2.24) is 0 Å². The second kappa shape index (κ2) is 8.02. The van der Waals surface area contributed by atoms with Crippen molar-refractivity contribution >= 4 is 17.6 Å². The zero-order valence-electron chi connectivity index (χ0n) is 14.0. The molecule has 0 radical (unpaired) electrons. The third-order valence-corrected chi connectivity index (χ3v) is 3.48. The van der Waals surface area contributed by atoms with Crippen LogP contribution in [0.4, 0.5) is 5.69 Å². The molecule has 1 atom stereocenters. The van der Waals surface area contributed by atoms with Crippen molar-refractivity contribution in [2.24, 2.45) is 0 Å². The predicted octanol–water partition coefficient (Wildman–Crippen LogP) is 4.26. The van der Waals surface area contributed by atoms with Crippen LogP contribution in [-0.2, 0) is 9.53 Å². The topological polar surface area (TPSA) is 77.8 Å². The summed E-state index contributed by atoms with van der Waals surface area (Å²) in [6, 6.07) is 19.3. The van der Waals surface area contributed by atoms with Gasteiger partial charge in [0, 0.05) is 5.69 Å². The fraction of sp³-hybridized carbons (Fsp3) is 0.100. The molecule has 1 amide bonds. The van der Waals surface area contributed by atoms with Gasteiger partial charge in [0.2, 0.25) is 5.76 Å². The number of amides is 1. The van der Waals surface area contributed by atoms with Crippen LogP contribution in [0.25, 0.3) is 0 Å². The minimum Gasteiger partial charge on any atom is -0.457 e. The van der Waals surface area contributed by atoms with E-state index in [0.29, 0.717) is 11.4 Å². The molecule has 1 aromatic heterocycles. The summed E-state index contributed by atoms with van der Waals surface area (Å²) in [7, 11) is 0. The minimum atomic E-state index is -0.965. The van der Waals surface area contributed by atoms with Gasteiger partial charge in [-0.2, -0.15) is 0 Å². The van der Waals surface area contributed by atoms with Crippen LogP contribution < -0.4 is 10.1 Å². The van der Waals surface area contributed by atoms with Crippen LogP contribution in [0.3, 0.4) is 0 Å². The van der Waals surface area contributed by atoms with Crippen molar-refractivity contribution in [3.63, 3.8) is 0 Å². The van der Waals surface area contributed by atoms with E-state index in [0.717, 1.165) is 5.75 Å². The quantitative estimate of drug-likeness (QED) is 0.672. The number of hydrogen-bond donors (Lipinski definition) is 1. The highest BCUT2D eigenvalue weighted by atomic mass is 16.6. The lowest BCUT2D eigenvalue weighted by atomic mass is 10.2. The van der Waals surface area contributed by atoms with Crippen molar-refractivity contribution < 1.29 is 23.5 Å². The summed E-state index contributed by atoms with van der Waals surface area (Å²) in [5.74, 6) is 0.284. The molecule has 1 heterocycles. The van der Waals surface area contributed by atoms with Crippen LogP contribution >= 0.6 is 0 Å². The monoisotopic (exact) mass is 351 g/mol. The van der Waals surface area contributed by atoms with E-state index in [1.807, 2.05) is 30.3 Å². The fourth-order valence-corrected chi connectivity index (χ4v) is 2.14. The molecule has 6 nitrogen and oxygen atoms in total. The van der Waals surface area contributed by atoms with Gasteiger partial charge in [0.05, 0.1) is 6.26 Å². The summed E-state index contributed by atoms with van der Waals surface area (Å²) in [6.07, 6.45) is 0.397. The molecular weight excluding hydrogens is 334 g/mol. The van der Waals surface area contributed by atoms with Crippen LogP contribution in [0, 0.1) is 0 Å². The first-order chi connectivity index (χ1) is 12.6. The molecule has 132 valence electrons. The first-order valence-corrected chi connectivity index (χ1v) is 8.00. The van der Waals surface area contributed by atoms with E-state index < -0.39 is 18.0 Å². The van der Waals surface area contributed by atoms with Gasteiger partial charge in [-0.1, -0.05) is 18.2 Å². The number of ether oxygens (including phenoxy) is 2. The second-order valence-corrected chi connectivity index (χ2v) is 5.45. The van der Waals surface area contributed by atoms with Gasteiger partial charge in [-0.05, 0) is 55.5 Å². The van der Waals surface area contributed by atoms with Gasteiger partial charge in [-0.25, -0.2) is 4.79 Å². The van der Waals surface area contributed by atoms with Gasteiger partial charge < -0.3 is 19.2 Å². The first kappa shape index (κ1) is 17.3. The lowest BCUT2D eigenvalue weighted by Crippen LogP contribution is -2.29. The zero-order chi connectivity index (χ0) is 18.4. The summed E-state index contributed by atoms with van der Waals surface area (Å²) in [5, 5.41) is 2.68. The smallest absolute Gasteiger partial charge is 0.374 e. The minimum absolute atomic E-state index is 0.0482. The van der Waals surface area contributed by atoms with Crippen molar-refractivity contribution in [3.05, 3.63) is 78.8 Å². The highest BCUT2D eigenvalue weighted by molar-refractivity contribution is 5.96. The molecule has 0 saturated heterocycles. The van der Waals surface area contributed by atoms with Crippen molar-refractivity contribution in [2.45, 2.75) is 13.0 Å². The largest absolute Gasteiger partial charge is 0.457 e. The van der Waals surface area contributed by atoms with Crippen LogP contribution in [0.15, 0.2) is 77.4 Å². The molecule has 3 aromatic rings. The number of rotatable bonds is 6. The Balaban J connectivity index is 1.54. The first-order valence-electron chi connectivity index (χ1n) is 8.00. The maximum absolute atomic E-state index is 12.1. The molecule has 0 spiro atoms. The highest BCUT2D eigenvalue weighted by Crippen LogP contribution is 2.22. The summed E-state index contributed by atoms with van der Waals surface area (Å²) in [5.41, 5.74) is 0.566. The summed E-state index contributed by atoms with van der Waals surface area (Å²) in [4.78, 5) is 23.9. The molecule has 2 aromatic carbocycles. The Bertz CT molecular complexity index is 857. The van der Waals surface area contributed by atoms with E-state index in [2.05, 4.69) is 5.32 Å². The average molecular weight is 351 g/mol. The number of esters is 1. The molecule has 0 aliphatic carbocycles. The maximum atomic E-state index is 12.1. The molecule has 0 fully saturated rings. The second-order valence-electron chi connectivity index (χ2n) is 5.45. The van der Waals surface area contributed by atoms with E-state index in [-0.39, 0.29) is 5.76 Å². The molecule has 3 rings (SSSR count). The van der Waals surface area contributed by atoms with Crippen molar-refractivity contribution in [1.29, 1.82) is 0 Å². The fourth-order valence-electron chi connectivity index (χ4n) is 2.14. The molecule has 0 saturated carbocycles.